The molecule has 24 heavy (non-hydrogen) atoms. The largest absolute Gasteiger partial charge is 0.489 e. The maximum absolute atomic E-state index is 13.5. The van der Waals surface area contributed by atoms with Gasteiger partial charge in [-0.25, -0.2) is 4.39 Å². The van der Waals surface area contributed by atoms with Crippen LogP contribution in [0.1, 0.15) is 5.56 Å². The van der Waals surface area contributed by atoms with Crippen LogP contribution in [0.2, 0.25) is 0 Å². The lowest BCUT2D eigenvalue weighted by atomic mass is 10.1. The van der Waals surface area contributed by atoms with Gasteiger partial charge in [-0.3, -0.25) is 4.90 Å². The minimum Gasteiger partial charge on any atom is -0.489 e. The number of benzene rings is 2. The van der Waals surface area contributed by atoms with Gasteiger partial charge in [0.25, 0.3) is 0 Å². The molecule has 3 rings (SSSR count). The zero-order valence-electron chi connectivity index (χ0n) is 14.0. The quantitative estimate of drug-likeness (QED) is 0.777. The van der Waals surface area contributed by atoms with Crippen LogP contribution in [0.3, 0.4) is 0 Å². The van der Waals surface area contributed by atoms with Crippen LogP contribution < -0.4 is 4.74 Å². The number of piperazine rings is 1. The van der Waals surface area contributed by atoms with E-state index in [1.165, 1.54) is 11.6 Å². The summed E-state index contributed by atoms with van der Waals surface area (Å²) in [6, 6.07) is 17.2. The van der Waals surface area contributed by atoms with Crippen LogP contribution in [0, 0.1) is 5.82 Å². The minimum absolute atomic E-state index is 0.289. The molecule has 0 unspecified atom stereocenters. The molecule has 1 aliphatic heterocycles. The number of rotatable bonds is 7. The molecular formula is C20H25FN2O. The summed E-state index contributed by atoms with van der Waals surface area (Å²) in [5, 5.41) is 0. The lowest BCUT2D eigenvalue weighted by Crippen LogP contribution is -2.47. The lowest BCUT2D eigenvalue weighted by molar-refractivity contribution is 0.117. The van der Waals surface area contributed by atoms with Crippen LogP contribution in [0.15, 0.2) is 54.6 Å². The number of ether oxygens (including phenoxy) is 1. The van der Waals surface area contributed by atoms with E-state index >= 15 is 0 Å². The van der Waals surface area contributed by atoms with Crippen LogP contribution in [0.4, 0.5) is 4.39 Å². The van der Waals surface area contributed by atoms with Gasteiger partial charge in [0.15, 0.2) is 11.6 Å². The van der Waals surface area contributed by atoms with Crippen molar-refractivity contribution in [3.63, 3.8) is 0 Å². The summed E-state index contributed by atoms with van der Waals surface area (Å²) in [6.45, 7) is 6.78. The molecule has 3 nitrogen and oxygen atoms in total. The number of para-hydroxylation sites is 1. The highest BCUT2D eigenvalue weighted by molar-refractivity contribution is 5.23. The van der Waals surface area contributed by atoms with Crippen molar-refractivity contribution in [2.45, 2.75) is 6.42 Å². The predicted octanol–water partition coefficient (Wildman–Crippen LogP) is 3.06. The molecule has 128 valence electrons. The van der Waals surface area contributed by atoms with E-state index in [2.05, 4.69) is 40.1 Å². The normalized spacial score (nSPS) is 16.2. The Bertz CT molecular complexity index is 612. The Morgan fingerprint density at radius 2 is 1.42 bits per heavy atom. The van der Waals surface area contributed by atoms with Crippen molar-refractivity contribution in [1.29, 1.82) is 0 Å². The molecule has 0 atom stereocenters. The van der Waals surface area contributed by atoms with Gasteiger partial charge in [-0.2, -0.15) is 0 Å². The van der Waals surface area contributed by atoms with E-state index in [9.17, 15) is 4.39 Å². The highest BCUT2D eigenvalue weighted by Crippen LogP contribution is 2.15. The van der Waals surface area contributed by atoms with E-state index in [1.54, 1.807) is 18.2 Å². The Morgan fingerprint density at radius 1 is 0.792 bits per heavy atom. The number of hydrogen-bond donors (Lipinski definition) is 0. The van der Waals surface area contributed by atoms with Crippen molar-refractivity contribution in [1.82, 2.24) is 9.80 Å². The Hall–Kier alpha value is -1.91. The van der Waals surface area contributed by atoms with Crippen molar-refractivity contribution < 1.29 is 9.13 Å². The smallest absolute Gasteiger partial charge is 0.165 e. The first-order chi connectivity index (χ1) is 11.8. The van der Waals surface area contributed by atoms with Gasteiger partial charge in [0.2, 0.25) is 0 Å². The van der Waals surface area contributed by atoms with E-state index < -0.39 is 0 Å². The summed E-state index contributed by atoms with van der Waals surface area (Å²) < 4.78 is 19.0. The predicted molar refractivity (Wildman–Crippen MR) is 94.9 cm³/mol. The summed E-state index contributed by atoms with van der Waals surface area (Å²) >= 11 is 0. The summed E-state index contributed by atoms with van der Waals surface area (Å²) in [4.78, 5) is 4.90. The fourth-order valence-electron chi connectivity index (χ4n) is 3.01. The molecule has 0 aliphatic carbocycles. The van der Waals surface area contributed by atoms with E-state index in [-0.39, 0.29) is 5.82 Å². The molecule has 1 aliphatic rings. The molecule has 1 heterocycles. The zero-order chi connectivity index (χ0) is 16.6. The van der Waals surface area contributed by atoms with Gasteiger partial charge in [-0.15, -0.1) is 0 Å². The zero-order valence-corrected chi connectivity index (χ0v) is 14.0. The van der Waals surface area contributed by atoms with E-state index in [1.807, 2.05) is 0 Å². The van der Waals surface area contributed by atoms with Crippen LogP contribution in [-0.4, -0.2) is 55.7 Å². The van der Waals surface area contributed by atoms with Crippen molar-refractivity contribution in [3.05, 3.63) is 66.0 Å². The molecule has 0 amide bonds. The minimum atomic E-state index is -0.289. The van der Waals surface area contributed by atoms with E-state index in [0.717, 1.165) is 45.7 Å². The maximum Gasteiger partial charge on any atom is 0.165 e. The molecule has 0 radical (unpaired) electrons. The molecule has 1 saturated heterocycles. The first-order valence-corrected chi connectivity index (χ1v) is 8.67. The van der Waals surface area contributed by atoms with Crippen LogP contribution >= 0.6 is 0 Å². The molecular weight excluding hydrogens is 303 g/mol. The van der Waals surface area contributed by atoms with Gasteiger partial charge in [-0.05, 0) is 24.1 Å². The fraction of sp³-hybridized carbons (Fsp3) is 0.400. The molecule has 0 saturated carbocycles. The van der Waals surface area contributed by atoms with Crippen molar-refractivity contribution in [3.8, 4) is 5.75 Å². The van der Waals surface area contributed by atoms with Crippen LogP contribution in [0.25, 0.3) is 0 Å². The summed E-state index contributed by atoms with van der Waals surface area (Å²) in [5.41, 5.74) is 1.40. The van der Waals surface area contributed by atoms with E-state index in [0.29, 0.717) is 12.4 Å². The number of nitrogens with zero attached hydrogens (tertiary/aromatic N) is 2. The van der Waals surface area contributed by atoms with Gasteiger partial charge in [-0.1, -0.05) is 42.5 Å². The second-order valence-corrected chi connectivity index (χ2v) is 6.20. The number of hydrogen-bond acceptors (Lipinski definition) is 3. The van der Waals surface area contributed by atoms with Crippen molar-refractivity contribution >= 4 is 0 Å². The van der Waals surface area contributed by atoms with Gasteiger partial charge in [0.05, 0.1) is 0 Å². The van der Waals surface area contributed by atoms with Gasteiger partial charge in [0.1, 0.15) is 6.61 Å². The summed E-state index contributed by atoms with van der Waals surface area (Å²) in [6.07, 6.45) is 1.11. The molecule has 0 bridgehead atoms. The van der Waals surface area contributed by atoms with Crippen LogP contribution in [0.5, 0.6) is 5.75 Å². The highest BCUT2D eigenvalue weighted by atomic mass is 19.1. The average molecular weight is 328 g/mol. The SMILES string of the molecule is Fc1ccccc1OCCN1CCN(CCc2ccccc2)CC1. The van der Waals surface area contributed by atoms with Gasteiger partial charge < -0.3 is 9.64 Å². The Kier molecular flexibility index (Phi) is 6.21. The Balaban J connectivity index is 1.33. The third kappa shape index (κ3) is 5.05. The first-order valence-electron chi connectivity index (χ1n) is 8.67. The van der Waals surface area contributed by atoms with Gasteiger partial charge in [0, 0.05) is 39.3 Å². The Morgan fingerprint density at radius 3 is 2.12 bits per heavy atom. The summed E-state index contributed by atoms with van der Waals surface area (Å²) in [5.74, 6) is 0.0576. The molecule has 2 aromatic carbocycles. The molecule has 4 heteroatoms. The third-order valence-corrected chi connectivity index (χ3v) is 4.53. The topological polar surface area (TPSA) is 15.7 Å². The third-order valence-electron chi connectivity index (χ3n) is 4.53. The fourth-order valence-corrected chi connectivity index (χ4v) is 3.01. The standard InChI is InChI=1S/C20H25FN2O/c21-19-8-4-5-9-20(19)24-17-16-23-14-12-22(13-15-23)11-10-18-6-2-1-3-7-18/h1-9H,10-17H2. The molecule has 1 fully saturated rings. The molecule has 2 aromatic rings. The second-order valence-electron chi connectivity index (χ2n) is 6.20. The molecule has 0 aromatic heterocycles. The lowest BCUT2D eigenvalue weighted by Gasteiger charge is -2.34. The monoisotopic (exact) mass is 328 g/mol. The number of halogens is 1. The first kappa shape index (κ1) is 16.9. The van der Waals surface area contributed by atoms with Crippen molar-refractivity contribution in [2.24, 2.45) is 0 Å². The van der Waals surface area contributed by atoms with Crippen LogP contribution in [-0.2, 0) is 6.42 Å². The molecule has 0 N–H and O–H groups in total. The Labute approximate surface area is 143 Å². The van der Waals surface area contributed by atoms with Crippen molar-refractivity contribution in [2.75, 3.05) is 45.9 Å². The average Bonchev–Trinajstić information content (AvgIpc) is 2.63. The molecule has 0 spiro atoms. The highest BCUT2D eigenvalue weighted by Gasteiger charge is 2.16. The van der Waals surface area contributed by atoms with Gasteiger partial charge >= 0.3 is 0 Å². The van der Waals surface area contributed by atoms with E-state index in [4.69, 9.17) is 4.74 Å². The maximum atomic E-state index is 13.5. The summed E-state index contributed by atoms with van der Waals surface area (Å²) in [7, 11) is 0. The second kappa shape index (κ2) is 8.81.